The van der Waals surface area contributed by atoms with Crippen molar-refractivity contribution in [3.63, 3.8) is 0 Å². The molecule has 3 atom stereocenters. The van der Waals surface area contributed by atoms with Crippen molar-refractivity contribution in [1.82, 2.24) is 4.90 Å². The van der Waals surface area contributed by atoms with E-state index in [9.17, 15) is 9.59 Å². The van der Waals surface area contributed by atoms with Crippen LogP contribution in [0.4, 0.5) is 4.79 Å². The lowest BCUT2D eigenvalue weighted by molar-refractivity contribution is -0.152. The van der Waals surface area contributed by atoms with Gasteiger partial charge in [-0.2, -0.15) is 0 Å². The van der Waals surface area contributed by atoms with Crippen LogP contribution in [0.25, 0.3) is 0 Å². The molecule has 3 aliphatic rings. The Morgan fingerprint density at radius 3 is 2.69 bits per heavy atom. The van der Waals surface area contributed by atoms with Crippen LogP contribution in [-0.2, 0) is 14.3 Å². The number of rotatable bonds is 1. The summed E-state index contributed by atoms with van der Waals surface area (Å²) in [6.45, 7) is 2.03. The van der Waals surface area contributed by atoms with E-state index in [1.54, 1.807) is 4.90 Å². The van der Waals surface area contributed by atoms with Gasteiger partial charge < -0.3 is 9.47 Å². The zero-order valence-corrected chi connectivity index (χ0v) is 9.38. The standard InChI is InChI=1S/C11H15NO4/c1-7(13)16-10-5-8-3-4-9(10)12(6-8)11(14)15-2/h3-4,8-10H,5-6H2,1-2H3/t8-,9-,10+/m1/s1. The Balaban J connectivity index is 2.13. The molecule has 0 aromatic heterocycles. The molecule has 1 fully saturated rings. The number of carbonyl (C=O) groups excluding carboxylic acids is 2. The number of piperidine rings is 1. The van der Waals surface area contributed by atoms with Crippen molar-refractivity contribution in [3.05, 3.63) is 12.2 Å². The molecule has 0 unspecified atom stereocenters. The quantitative estimate of drug-likeness (QED) is 0.492. The van der Waals surface area contributed by atoms with Gasteiger partial charge in [0.25, 0.3) is 0 Å². The van der Waals surface area contributed by atoms with Crippen LogP contribution in [0, 0.1) is 5.92 Å². The lowest BCUT2D eigenvalue weighted by Gasteiger charge is -2.44. The molecule has 0 saturated carbocycles. The summed E-state index contributed by atoms with van der Waals surface area (Å²) in [4.78, 5) is 24.1. The van der Waals surface area contributed by atoms with Crippen LogP contribution in [0.3, 0.4) is 0 Å². The first-order valence-corrected chi connectivity index (χ1v) is 5.32. The molecule has 16 heavy (non-hydrogen) atoms. The van der Waals surface area contributed by atoms with Gasteiger partial charge in [0, 0.05) is 13.5 Å². The number of esters is 1. The molecule has 5 heteroatoms. The Labute approximate surface area is 94.0 Å². The van der Waals surface area contributed by atoms with E-state index in [1.807, 2.05) is 6.08 Å². The van der Waals surface area contributed by atoms with Crippen molar-refractivity contribution in [2.45, 2.75) is 25.5 Å². The van der Waals surface area contributed by atoms with Crippen molar-refractivity contribution in [1.29, 1.82) is 0 Å². The summed E-state index contributed by atoms with van der Waals surface area (Å²) in [6.07, 6.45) is 4.18. The number of hydrogen-bond acceptors (Lipinski definition) is 4. The highest BCUT2D eigenvalue weighted by Gasteiger charge is 2.41. The van der Waals surface area contributed by atoms with Crippen LogP contribution >= 0.6 is 0 Å². The lowest BCUT2D eigenvalue weighted by atomic mass is 9.84. The van der Waals surface area contributed by atoms with E-state index < -0.39 is 0 Å². The Morgan fingerprint density at radius 2 is 2.12 bits per heavy atom. The minimum Gasteiger partial charge on any atom is -0.460 e. The summed E-state index contributed by atoms with van der Waals surface area (Å²) in [6, 6.07) is -0.179. The summed E-state index contributed by atoms with van der Waals surface area (Å²) in [7, 11) is 1.36. The van der Waals surface area contributed by atoms with Crippen LogP contribution in [0.15, 0.2) is 12.2 Å². The summed E-state index contributed by atoms with van der Waals surface area (Å²) < 4.78 is 9.92. The molecule has 0 radical (unpaired) electrons. The van der Waals surface area contributed by atoms with E-state index in [0.717, 1.165) is 6.42 Å². The molecule has 3 rings (SSSR count). The van der Waals surface area contributed by atoms with E-state index in [0.29, 0.717) is 6.54 Å². The smallest absolute Gasteiger partial charge is 0.410 e. The number of ether oxygens (including phenoxy) is 2. The Hall–Kier alpha value is -1.52. The van der Waals surface area contributed by atoms with Crippen LogP contribution in [-0.4, -0.2) is 42.8 Å². The van der Waals surface area contributed by atoms with Gasteiger partial charge in [-0.1, -0.05) is 12.2 Å². The maximum atomic E-state index is 11.5. The average molecular weight is 225 g/mol. The largest absolute Gasteiger partial charge is 0.460 e. The van der Waals surface area contributed by atoms with Crippen LogP contribution in [0.5, 0.6) is 0 Å². The van der Waals surface area contributed by atoms with Crippen LogP contribution < -0.4 is 0 Å². The average Bonchev–Trinajstić information content (AvgIpc) is 2.27. The zero-order valence-electron chi connectivity index (χ0n) is 9.38. The molecule has 0 aromatic carbocycles. The molecule has 88 valence electrons. The van der Waals surface area contributed by atoms with Gasteiger partial charge in [-0.25, -0.2) is 4.79 Å². The second-order valence-electron chi connectivity index (χ2n) is 4.14. The molecule has 2 heterocycles. The number of carbonyl (C=O) groups is 2. The van der Waals surface area contributed by atoms with Gasteiger partial charge in [0.2, 0.25) is 0 Å². The summed E-state index contributed by atoms with van der Waals surface area (Å²) in [5, 5.41) is 0. The van der Waals surface area contributed by atoms with Gasteiger partial charge >= 0.3 is 12.1 Å². The van der Waals surface area contributed by atoms with E-state index in [-0.39, 0.29) is 30.1 Å². The molecular formula is C11H15NO4. The Kier molecular flexibility index (Phi) is 2.85. The maximum absolute atomic E-state index is 11.5. The highest BCUT2D eigenvalue weighted by Crippen LogP contribution is 2.32. The van der Waals surface area contributed by atoms with Crippen LogP contribution in [0.2, 0.25) is 0 Å². The molecule has 0 spiro atoms. The SMILES string of the molecule is COC(=O)N1C[C@@H]2C=C[C@@H]1[C@@H](OC(C)=O)C2. The Morgan fingerprint density at radius 1 is 1.38 bits per heavy atom. The van der Waals surface area contributed by atoms with Gasteiger partial charge in [0.1, 0.15) is 6.10 Å². The van der Waals surface area contributed by atoms with E-state index >= 15 is 0 Å². The lowest BCUT2D eigenvalue weighted by Crippen LogP contribution is -2.56. The number of nitrogens with zero attached hydrogens (tertiary/aromatic N) is 1. The Bertz CT molecular complexity index is 339. The second-order valence-corrected chi connectivity index (χ2v) is 4.14. The predicted molar refractivity (Wildman–Crippen MR) is 55.7 cm³/mol. The van der Waals surface area contributed by atoms with Gasteiger partial charge in [-0.15, -0.1) is 0 Å². The third-order valence-electron chi connectivity index (χ3n) is 3.01. The van der Waals surface area contributed by atoms with Crippen molar-refractivity contribution in [2.75, 3.05) is 13.7 Å². The van der Waals surface area contributed by atoms with Crippen LogP contribution in [0.1, 0.15) is 13.3 Å². The third kappa shape index (κ3) is 1.89. The van der Waals surface area contributed by atoms with Crippen molar-refractivity contribution in [2.24, 2.45) is 5.92 Å². The first-order chi connectivity index (χ1) is 7.61. The van der Waals surface area contributed by atoms with Crippen molar-refractivity contribution < 1.29 is 19.1 Å². The monoisotopic (exact) mass is 225 g/mol. The van der Waals surface area contributed by atoms with E-state index in [1.165, 1.54) is 14.0 Å². The van der Waals surface area contributed by atoms with Crippen molar-refractivity contribution >= 4 is 12.1 Å². The van der Waals surface area contributed by atoms with Gasteiger partial charge in [-0.3, -0.25) is 9.69 Å². The molecule has 0 N–H and O–H groups in total. The molecule has 1 amide bonds. The predicted octanol–water partition coefficient (Wildman–Crippen LogP) is 0.945. The summed E-state index contributed by atoms with van der Waals surface area (Å²) >= 11 is 0. The molecule has 5 nitrogen and oxygen atoms in total. The maximum Gasteiger partial charge on any atom is 0.410 e. The molecule has 0 aromatic rings. The topological polar surface area (TPSA) is 55.8 Å². The highest BCUT2D eigenvalue weighted by atomic mass is 16.6. The second kappa shape index (κ2) is 4.15. The minimum absolute atomic E-state index is 0.179. The first-order valence-electron chi connectivity index (χ1n) is 5.32. The molecule has 2 bridgehead atoms. The first kappa shape index (κ1) is 11.0. The fourth-order valence-electron chi connectivity index (χ4n) is 2.37. The number of amides is 1. The number of hydrogen-bond donors (Lipinski definition) is 0. The zero-order chi connectivity index (χ0) is 11.7. The fourth-order valence-corrected chi connectivity index (χ4v) is 2.37. The number of fused-ring (bicyclic) bond motifs is 2. The van der Waals surface area contributed by atoms with E-state index in [4.69, 9.17) is 9.47 Å². The van der Waals surface area contributed by atoms with Crippen molar-refractivity contribution in [3.8, 4) is 0 Å². The fraction of sp³-hybridized carbons (Fsp3) is 0.636. The highest BCUT2D eigenvalue weighted by molar-refractivity contribution is 5.69. The summed E-state index contributed by atoms with van der Waals surface area (Å²) in [5.74, 6) is -0.0517. The normalized spacial score (nSPS) is 31.4. The summed E-state index contributed by atoms with van der Waals surface area (Å²) in [5.41, 5.74) is 0. The third-order valence-corrected chi connectivity index (χ3v) is 3.01. The number of methoxy groups -OCH3 is 1. The molecule has 1 saturated heterocycles. The van der Waals surface area contributed by atoms with Gasteiger partial charge in [0.05, 0.1) is 13.2 Å². The van der Waals surface area contributed by atoms with E-state index in [2.05, 4.69) is 6.08 Å². The molecule has 2 aliphatic heterocycles. The minimum atomic E-state index is -0.365. The van der Waals surface area contributed by atoms with Gasteiger partial charge in [0.15, 0.2) is 0 Å². The molecular weight excluding hydrogens is 210 g/mol. The van der Waals surface area contributed by atoms with Gasteiger partial charge in [-0.05, 0) is 12.3 Å². The molecule has 1 aliphatic carbocycles.